The van der Waals surface area contributed by atoms with Crippen molar-refractivity contribution in [1.29, 1.82) is 0 Å². The number of piperidine rings is 1. The minimum absolute atomic E-state index is 0.0766. The summed E-state index contributed by atoms with van der Waals surface area (Å²) < 4.78 is 3.21. The Morgan fingerprint density at radius 1 is 1.08 bits per heavy atom. The van der Waals surface area contributed by atoms with Crippen LogP contribution in [0.25, 0.3) is 5.82 Å². The molecular weight excluding hydrogens is 318 g/mol. The lowest BCUT2D eigenvalue weighted by atomic mass is 9.97. The third kappa shape index (κ3) is 3.42. The summed E-state index contributed by atoms with van der Waals surface area (Å²) in [5.74, 6) is 1.99. The molecule has 0 bridgehead atoms. The fourth-order valence-electron chi connectivity index (χ4n) is 3.14. The standard InChI is InChI=1S/C17H19N7O/c25-17-3-2-15(23-9-1-6-20-23)21-24(17)13-14-4-10-22(11-5-14)16-12-18-7-8-19-16/h1-3,6-9,12,14H,4-5,10-11,13H2. The normalized spacial score (nSPS) is 15.4. The summed E-state index contributed by atoms with van der Waals surface area (Å²) >= 11 is 0. The van der Waals surface area contributed by atoms with Crippen LogP contribution in [0.2, 0.25) is 0 Å². The topological polar surface area (TPSA) is 81.7 Å². The SMILES string of the molecule is O=c1ccc(-n2cccn2)nn1CC1CCN(c2cnccn2)CC1. The molecule has 0 aliphatic carbocycles. The third-order valence-electron chi connectivity index (χ3n) is 4.51. The maximum Gasteiger partial charge on any atom is 0.266 e. The average Bonchev–Trinajstić information content (AvgIpc) is 3.20. The zero-order chi connectivity index (χ0) is 17.1. The van der Waals surface area contributed by atoms with Gasteiger partial charge < -0.3 is 4.90 Å². The Morgan fingerprint density at radius 2 is 1.96 bits per heavy atom. The number of anilines is 1. The van der Waals surface area contributed by atoms with Crippen molar-refractivity contribution in [3.05, 3.63) is 59.5 Å². The van der Waals surface area contributed by atoms with Crippen LogP contribution in [0.5, 0.6) is 0 Å². The van der Waals surface area contributed by atoms with Crippen molar-refractivity contribution in [1.82, 2.24) is 29.5 Å². The maximum atomic E-state index is 12.1. The molecule has 0 spiro atoms. The van der Waals surface area contributed by atoms with Crippen molar-refractivity contribution in [2.75, 3.05) is 18.0 Å². The van der Waals surface area contributed by atoms with E-state index in [-0.39, 0.29) is 5.56 Å². The second-order valence-corrected chi connectivity index (χ2v) is 6.16. The van der Waals surface area contributed by atoms with Crippen molar-refractivity contribution < 1.29 is 0 Å². The van der Waals surface area contributed by atoms with E-state index < -0.39 is 0 Å². The van der Waals surface area contributed by atoms with Gasteiger partial charge in [0.1, 0.15) is 5.82 Å². The van der Waals surface area contributed by atoms with E-state index in [4.69, 9.17) is 0 Å². The van der Waals surface area contributed by atoms with Gasteiger partial charge in [0.15, 0.2) is 5.82 Å². The molecule has 4 rings (SSSR count). The van der Waals surface area contributed by atoms with Gasteiger partial charge in [-0.05, 0) is 30.9 Å². The van der Waals surface area contributed by atoms with Crippen LogP contribution < -0.4 is 10.5 Å². The smallest absolute Gasteiger partial charge is 0.266 e. The molecule has 1 aliphatic heterocycles. The van der Waals surface area contributed by atoms with E-state index >= 15 is 0 Å². The summed E-state index contributed by atoms with van der Waals surface area (Å²) in [5, 5.41) is 8.62. The number of aromatic nitrogens is 6. The molecule has 1 aliphatic rings. The molecule has 0 N–H and O–H groups in total. The number of hydrogen-bond acceptors (Lipinski definition) is 6. The largest absolute Gasteiger partial charge is 0.355 e. The minimum Gasteiger partial charge on any atom is -0.355 e. The number of rotatable bonds is 4. The van der Waals surface area contributed by atoms with Crippen LogP contribution in [0.4, 0.5) is 5.82 Å². The Bertz CT molecular complexity index is 868. The maximum absolute atomic E-state index is 12.1. The quantitative estimate of drug-likeness (QED) is 0.710. The molecule has 0 aromatic carbocycles. The van der Waals surface area contributed by atoms with Crippen LogP contribution in [0.3, 0.4) is 0 Å². The van der Waals surface area contributed by atoms with Crippen LogP contribution in [0, 0.1) is 5.92 Å². The van der Waals surface area contributed by atoms with Gasteiger partial charge in [-0.1, -0.05) is 0 Å². The summed E-state index contributed by atoms with van der Waals surface area (Å²) in [4.78, 5) is 22.9. The van der Waals surface area contributed by atoms with E-state index in [1.54, 1.807) is 46.3 Å². The van der Waals surface area contributed by atoms with Gasteiger partial charge in [0, 0.05) is 50.5 Å². The van der Waals surface area contributed by atoms with Crippen LogP contribution >= 0.6 is 0 Å². The van der Waals surface area contributed by atoms with Gasteiger partial charge in [-0.15, -0.1) is 5.10 Å². The van der Waals surface area contributed by atoms with Crippen LogP contribution in [0.15, 0.2) is 54.0 Å². The lowest BCUT2D eigenvalue weighted by Crippen LogP contribution is -2.37. The van der Waals surface area contributed by atoms with Gasteiger partial charge >= 0.3 is 0 Å². The molecule has 25 heavy (non-hydrogen) atoms. The van der Waals surface area contributed by atoms with Gasteiger partial charge in [-0.3, -0.25) is 9.78 Å². The van der Waals surface area contributed by atoms with Crippen molar-refractivity contribution >= 4 is 5.82 Å². The fourth-order valence-corrected chi connectivity index (χ4v) is 3.14. The van der Waals surface area contributed by atoms with Crippen LogP contribution in [-0.4, -0.2) is 42.6 Å². The lowest BCUT2D eigenvalue weighted by Gasteiger charge is -2.32. The Morgan fingerprint density at radius 3 is 2.68 bits per heavy atom. The highest BCUT2D eigenvalue weighted by atomic mass is 16.1. The van der Waals surface area contributed by atoms with E-state index in [2.05, 4.69) is 25.1 Å². The summed E-state index contributed by atoms with van der Waals surface area (Å²) in [5.41, 5.74) is -0.0766. The minimum atomic E-state index is -0.0766. The predicted octanol–water partition coefficient (Wildman–Crippen LogP) is 1.14. The third-order valence-corrected chi connectivity index (χ3v) is 4.51. The summed E-state index contributed by atoms with van der Waals surface area (Å²) in [6.07, 6.45) is 10.7. The summed E-state index contributed by atoms with van der Waals surface area (Å²) in [6, 6.07) is 5.08. The highest BCUT2D eigenvalue weighted by molar-refractivity contribution is 5.35. The second kappa shape index (κ2) is 6.84. The predicted molar refractivity (Wildman–Crippen MR) is 92.6 cm³/mol. The molecule has 0 radical (unpaired) electrons. The molecule has 0 unspecified atom stereocenters. The molecule has 8 nitrogen and oxygen atoms in total. The average molecular weight is 337 g/mol. The molecular formula is C17H19N7O. The first-order valence-corrected chi connectivity index (χ1v) is 8.39. The first kappa shape index (κ1) is 15.5. The first-order chi connectivity index (χ1) is 12.3. The Balaban J connectivity index is 1.43. The van der Waals surface area contributed by atoms with Crippen molar-refractivity contribution in [3.63, 3.8) is 0 Å². The molecule has 8 heteroatoms. The second-order valence-electron chi connectivity index (χ2n) is 6.16. The first-order valence-electron chi connectivity index (χ1n) is 8.39. The van der Waals surface area contributed by atoms with E-state index in [1.807, 2.05) is 12.3 Å². The Labute approximate surface area is 144 Å². The fraction of sp³-hybridized carbons (Fsp3) is 0.353. The zero-order valence-corrected chi connectivity index (χ0v) is 13.8. The van der Waals surface area contributed by atoms with Gasteiger partial charge in [0.05, 0.1) is 6.20 Å². The molecule has 0 atom stereocenters. The van der Waals surface area contributed by atoms with Gasteiger partial charge in [-0.25, -0.2) is 14.3 Å². The number of nitrogens with zero attached hydrogens (tertiary/aromatic N) is 7. The molecule has 128 valence electrons. The van der Waals surface area contributed by atoms with E-state index in [9.17, 15) is 4.79 Å². The van der Waals surface area contributed by atoms with Crippen molar-refractivity contribution in [2.45, 2.75) is 19.4 Å². The molecule has 1 saturated heterocycles. The monoisotopic (exact) mass is 337 g/mol. The zero-order valence-electron chi connectivity index (χ0n) is 13.8. The molecule has 4 heterocycles. The van der Waals surface area contributed by atoms with E-state index in [0.717, 1.165) is 31.7 Å². The number of hydrogen-bond donors (Lipinski definition) is 0. The molecule has 3 aromatic rings. The van der Waals surface area contributed by atoms with Crippen LogP contribution in [0.1, 0.15) is 12.8 Å². The Hall–Kier alpha value is -3.03. The molecule has 0 saturated carbocycles. The van der Waals surface area contributed by atoms with Gasteiger partial charge in [0.25, 0.3) is 5.56 Å². The molecule has 3 aromatic heterocycles. The lowest BCUT2D eigenvalue weighted by molar-refractivity contribution is 0.333. The molecule has 0 amide bonds. The highest BCUT2D eigenvalue weighted by Crippen LogP contribution is 2.21. The van der Waals surface area contributed by atoms with E-state index in [0.29, 0.717) is 18.3 Å². The summed E-state index contributed by atoms with van der Waals surface area (Å²) in [7, 11) is 0. The van der Waals surface area contributed by atoms with Gasteiger partial charge in [-0.2, -0.15) is 5.10 Å². The Kier molecular flexibility index (Phi) is 4.24. The molecule has 1 fully saturated rings. The van der Waals surface area contributed by atoms with Crippen molar-refractivity contribution in [2.24, 2.45) is 5.92 Å². The summed E-state index contributed by atoms with van der Waals surface area (Å²) in [6.45, 7) is 2.45. The van der Waals surface area contributed by atoms with Crippen molar-refractivity contribution in [3.8, 4) is 5.82 Å². The van der Waals surface area contributed by atoms with Crippen LogP contribution in [-0.2, 0) is 6.54 Å². The highest BCUT2D eigenvalue weighted by Gasteiger charge is 2.21. The van der Waals surface area contributed by atoms with Gasteiger partial charge in [0.2, 0.25) is 0 Å². The van der Waals surface area contributed by atoms with E-state index in [1.165, 1.54) is 0 Å².